The largest absolute Gasteiger partial charge is 0.460 e. The highest BCUT2D eigenvalue weighted by molar-refractivity contribution is 5.89. The van der Waals surface area contributed by atoms with Crippen molar-refractivity contribution in [2.24, 2.45) is 39.9 Å². The number of esters is 1. The van der Waals surface area contributed by atoms with Gasteiger partial charge in [-0.3, -0.25) is 4.79 Å². The molecule has 0 aromatic carbocycles. The highest BCUT2D eigenvalue weighted by atomic mass is 16.5. The van der Waals surface area contributed by atoms with E-state index in [4.69, 9.17) is 4.74 Å². The lowest BCUT2D eigenvalue weighted by Gasteiger charge is -2.57. The number of allylic oxidation sites excluding steroid dienone is 3. The van der Waals surface area contributed by atoms with E-state index in [0.717, 1.165) is 31.3 Å². The van der Waals surface area contributed by atoms with E-state index in [9.17, 15) is 9.59 Å². The second-order valence-corrected chi connectivity index (χ2v) is 13.2. The van der Waals surface area contributed by atoms with Crippen LogP contribution in [0, 0.1) is 39.9 Å². The number of Topliss-reactive ketones (excluding diaryl/α,β-unsaturated/α-hetero) is 1. The number of fused-ring (bicyclic) bond motifs is 5. The summed E-state index contributed by atoms with van der Waals surface area (Å²) in [6, 6.07) is 0. The number of ether oxygens (including phenoxy) is 1. The molecule has 4 rings (SSSR count). The van der Waals surface area contributed by atoms with E-state index in [0.29, 0.717) is 30.0 Å². The van der Waals surface area contributed by atoms with Crippen LogP contribution in [0.15, 0.2) is 23.3 Å². The molecule has 0 saturated heterocycles. The molecule has 0 aromatic heterocycles. The Hall–Kier alpha value is -1.38. The van der Waals surface area contributed by atoms with Gasteiger partial charge in [0.25, 0.3) is 0 Å². The van der Waals surface area contributed by atoms with Crippen LogP contribution in [0.25, 0.3) is 0 Å². The minimum absolute atomic E-state index is 0.0710. The maximum absolute atomic E-state index is 13.3. The maximum atomic E-state index is 13.3. The standard InChI is InChI=1S/C29H44O3/c1-18(2)32-26(31)19-12-14-28(6)20(16-19)8-9-21-22-10-11-24(25(30)17-27(3,4)5)29(22,7)15-13-23(21)28/h8,16,18,21-24H,9-15,17H2,1-7H3/t21-,22-,23-,24+,28-,29-/m0/s1. The van der Waals surface area contributed by atoms with Crippen molar-refractivity contribution in [3.05, 3.63) is 23.3 Å². The summed E-state index contributed by atoms with van der Waals surface area (Å²) in [6.45, 7) is 15.3. The maximum Gasteiger partial charge on any atom is 0.334 e. The highest BCUT2D eigenvalue weighted by Gasteiger charge is 2.59. The van der Waals surface area contributed by atoms with E-state index < -0.39 is 0 Å². The van der Waals surface area contributed by atoms with Crippen LogP contribution in [0.3, 0.4) is 0 Å². The SMILES string of the molecule is CC(C)OC(=O)C1=CC2=CC[C@H]3[C@@H]4CC[C@H](C(=O)CC(C)(C)C)[C@@]4(C)CC[C@@H]3[C@@]2(C)CC1. The minimum atomic E-state index is -0.141. The molecular weight excluding hydrogens is 396 g/mol. The van der Waals surface area contributed by atoms with Gasteiger partial charge >= 0.3 is 5.97 Å². The van der Waals surface area contributed by atoms with Gasteiger partial charge in [0.05, 0.1) is 6.10 Å². The molecule has 0 radical (unpaired) electrons. The Morgan fingerprint density at radius 1 is 1.09 bits per heavy atom. The van der Waals surface area contributed by atoms with Crippen LogP contribution in [-0.2, 0) is 14.3 Å². The Balaban J connectivity index is 1.56. The van der Waals surface area contributed by atoms with Crippen molar-refractivity contribution in [3.8, 4) is 0 Å². The quantitative estimate of drug-likeness (QED) is 0.440. The summed E-state index contributed by atoms with van der Waals surface area (Å²) in [5.74, 6) is 2.60. The van der Waals surface area contributed by atoms with Crippen LogP contribution >= 0.6 is 0 Å². The molecule has 4 aliphatic rings. The molecule has 178 valence electrons. The molecule has 6 atom stereocenters. The highest BCUT2D eigenvalue weighted by Crippen LogP contribution is 2.66. The van der Waals surface area contributed by atoms with Crippen LogP contribution in [0.2, 0.25) is 0 Å². The zero-order chi connectivity index (χ0) is 23.5. The number of ketones is 1. The third kappa shape index (κ3) is 4.03. The first-order chi connectivity index (χ1) is 14.8. The Morgan fingerprint density at radius 3 is 2.47 bits per heavy atom. The predicted octanol–water partition coefficient (Wildman–Crippen LogP) is 7.06. The van der Waals surface area contributed by atoms with Gasteiger partial charge in [0, 0.05) is 17.9 Å². The molecule has 32 heavy (non-hydrogen) atoms. The van der Waals surface area contributed by atoms with E-state index in [-0.39, 0.29) is 34.2 Å². The zero-order valence-corrected chi connectivity index (χ0v) is 21.4. The first kappa shape index (κ1) is 23.8. The molecule has 0 bridgehead atoms. The third-order valence-corrected chi connectivity index (χ3v) is 9.47. The number of hydrogen-bond acceptors (Lipinski definition) is 3. The third-order valence-electron chi connectivity index (χ3n) is 9.47. The Labute approximate surface area is 195 Å². The zero-order valence-electron chi connectivity index (χ0n) is 21.4. The number of rotatable bonds is 4. The first-order valence-corrected chi connectivity index (χ1v) is 13.0. The number of carbonyl (C=O) groups is 2. The van der Waals surface area contributed by atoms with Crippen LogP contribution in [-0.4, -0.2) is 17.9 Å². The fourth-order valence-electron chi connectivity index (χ4n) is 7.95. The van der Waals surface area contributed by atoms with Gasteiger partial charge in [-0.05, 0) is 104 Å². The first-order valence-electron chi connectivity index (χ1n) is 13.0. The molecule has 2 saturated carbocycles. The summed E-state index contributed by atoms with van der Waals surface area (Å²) < 4.78 is 5.48. The fraction of sp³-hybridized carbons (Fsp3) is 0.793. The van der Waals surface area contributed by atoms with Gasteiger partial charge in [0.2, 0.25) is 0 Å². The second-order valence-electron chi connectivity index (χ2n) is 13.2. The Morgan fingerprint density at radius 2 is 1.81 bits per heavy atom. The molecule has 0 N–H and O–H groups in total. The van der Waals surface area contributed by atoms with Gasteiger partial charge < -0.3 is 4.74 Å². The van der Waals surface area contributed by atoms with Crippen molar-refractivity contribution in [2.75, 3.05) is 0 Å². The lowest BCUT2D eigenvalue weighted by atomic mass is 9.47. The van der Waals surface area contributed by atoms with Gasteiger partial charge in [-0.25, -0.2) is 4.79 Å². The summed E-state index contributed by atoms with van der Waals surface area (Å²) in [6.07, 6.45) is 12.8. The van der Waals surface area contributed by atoms with Crippen molar-refractivity contribution < 1.29 is 14.3 Å². The van der Waals surface area contributed by atoms with Crippen LogP contribution in [0.4, 0.5) is 0 Å². The van der Waals surface area contributed by atoms with Crippen molar-refractivity contribution in [1.82, 2.24) is 0 Å². The molecule has 2 fully saturated rings. The minimum Gasteiger partial charge on any atom is -0.460 e. The van der Waals surface area contributed by atoms with Crippen LogP contribution in [0.5, 0.6) is 0 Å². The lowest BCUT2D eigenvalue weighted by molar-refractivity contribution is -0.143. The smallest absolute Gasteiger partial charge is 0.334 e. The monoisotopic (exact) mass is 440 g/mol. The molecule has 0 unspecified atom stereocenters. The Bertz CT molecular complexity index is 841. The molecule has 0 heterocycles. The molecule has 3 nitrogen and oxygen atoms in total. The predicted molar refractivity (Wildman–Crippen MR) is 129 cm³/mol. The lowest BCUT2D eigenvalue weighted by Crippen LogP contribution is -2.50. The van der Waals surface area contributed by atoms with Gasteiger partial charge in [-0.2, -0.15) is 0 Å². The summed E-state index contributed by atoms with van der Waals surface area (Å²) in [5.41, 5.74) is 2.60. The molecule has 0 spiro atoms. The molecule has 4 aliphatic carbocycles. The van der Waals surface area contributed by atoms with E-state index in [1.807, 2.05) is 13.8 Å². The van der Waals surface area contributed by atoms with E-state index in [1.54, 1.807) is 0 Å². The number of carbonyl (C=O) groups excluding carboxylic acids is 2. The van der Waals surface area contributed by atoms with Gasteiger partial charge in [0.15, 0.2) is 0 Å². The van der Waals surface area contributed by atoms with Crippen LogP contribution < -0.4 is 0 Å². The molecule has 0 amide bonds. The average molecular weight is 441 g/mol. The van der Waals surface area contributed by atoms with Gasteiger partial charge in [-0.15, -0.1) is 0 Å². The molecule has 3 heteroatoms. The molecular formula is C29H44O3. The molecule has 0 aromatic rings. The van der Waals surface area contributed by atoms with Crippen LogP contribution in [0.1, 0.15) is 99.8 Å². The number of hydrogen-bond donors (Lipinski definition) is 0. The van der Waals surface area contributed by atoms with Gasteiger partial charge in [0.1, 0.15) is 5.78 Å². The van der Waals surface area contributed by atoms with E-state index >= 15 is 0 Å². The summed E-state index contributed by atoms with van der Waals surface area (Å²) in [5, 5.41) is 0. The van der Waals surface area contributed by atoms with Crippen molar-refractivity contribution >= 4 is 11.8 Å². The normalized spacial score (nSPS) is 38.9. The fourth-order valence-corrected chi connectivity index (χ4v) is 7.95. The summed E-state index contributed by atoms with van der Waals surface area (Å²) in [7, 11) is 0. The summed E-state index contributed by atoms with van der Waals surface area (Å²) >= 11 is 0. The topological polar surface area (TPSA) is 43.4 Å². The van der Waals surface area contributed by atoms with Crippen molar-refractivity contribution in [2.45, 2.75) is 106 Å². The van der Waals surface area contributed by atoms with Gasteiger partial charge in [-0.1, -0.05) is 40.7 Å². The average Bonchev–Trinajstić information content (AvgIpc) is 3.02. The van der Waals surface area contributed by atoms with Crippen molar-refractivity contribution in [1.29, 1.82) is 0 Å². The molecule has 0 aliphatic heterocycles. The van der Waals surface area contributed by atoms with Crippen molar-refractivity contribution in [3.63, 3.8) is 0 Å². The Kier molecular flexibility index (Phi) is 6.04. The van der Waals surface area contributed by atoms with E-state index in [1.165, 1.54) is 24.8 Å². The van der Waals surface area contributed by atoms with E-state index in [2.05, 4.69) is 46.8 Å². The second kappa shape index (κ2) is 8.13. The summed E-state index contributed by atoms with van der Waals surface area (Å²) in [4.78, 5) is 25.8.